The smallest absolute Gasteiger partial charge is 0.233 e. The molecule has 4 nitrogen and oxygen atoms in total. The van der Waals surface area contributed by atoms with E-state index in [9.17, 15) is 4.79 Å². The van der Waals surface area contributed by atoms with Gasteiger partial charge >= 0.3 is 0 Å². The molecule has 0 aliphatic rings. The summed E-state index contributed by atoms with van der Waals surface area (Å²) in [5, 5.41) is 3.41. The monoisotopic (exact) mass is 287 g/mol. The minimum atomic E-state index is -0.106. The first-order chi connectivity index (χ1) is 8.54. The molecule has 0 bridgehead atoms. The minimum Gasteiger partial charge on any atom is -0.375 e. The lowest BCUT2D eigenvalue weighted by Crippen LogP contribution is -2.31. The van der Waals surface area contributed by atoms with Crippen molar-refractivity contribution < 1.29 is 4.79 Å². The topological polar surface area (TPSA) is 68.0 Å². The van der Waals surface area contributed by atoms with E-state index in [4.69, 9.17) is 5.73 Å². The first-order valence-corrected chi connectivity index (χ1v) is 7.91. The Hall–Kier alpha value is -0.750. The molecule has 3 N–H and O–H groups in total. The maximum atomic E-state index is 11.8. The lowest BCUT2D eigenvalue weighted by molar-refractivity contribution is -0.120. The second kappa shape index (κ2) is 7.63. The summed E-state index contributed by atoms with van der Waals surface area (Å²) in [7, 11) is 0. The van der Waals surface area contributed by atoms with Crippen LogP contribution in [-0.4, -0.2) is 22.7 Å². The largest absolute Gasteiger partial charge is 0.375 e. The zero-order chi connectivity index (χ0) is 13.5. The maximum absolute atomic E-state index is 11.8. The number of anilines is 1. The SMILES string of the molecule is CCCCCNC(=O)C(C)Sc1sc(N)nc1C. The predicted octanol–water partition coefficient (Wildman–Crippen LogP) is 2.82. The van der Waals surface area contributed by atoms with Crippen LogP contribution < -0.4 is 11.1 Å². The number of carbonyl (C=O) groups is 1. The second-order valence-electron chi connectivity index (χ2n) is 4.18. The van der Waals surface area contributed by atoms with Crippen molar-refractivity contribution in [2.45, 2.75) is 49.5 Å². The molecule has 1 rings (SSSR count). The van der Waals surface area contributed by atoms with E-state index < -0.39 is 0 Å². The third-order valence-corrected chi connectivity index (χ3v) is 4.90. The van der Waals surface area contributed by atoms with Crippen molar-refractivity contribution in [1.29, 1.82) is 0 Å². The molecule has 0 fully saturated rings. The van der Waals surface area contributed by atoms with Crippen molar-refractivity contribution in [3.63, 3.8) is 0 Å². The summed E-state index contributed by atoms with van der Waals surface area (Å²) in [5.74, 6) is 0.0856. The van der Waals surface area contributed by atoms with Gasteiger partial charge in [0.15, 0.2) is 5.13 Å². The van der Waals surface area contributed by atoms with Crippen LogP contribution in [0.3, 0.4) is 0 Å². The number of nitrogens with zero attached hydrogens (tertiary/aromatic N) is 1. The highest BCUT2D eigenvalue weighted by Crippen LogP contribution is 2.33. The second-order valence-corrected chi connectivity index (χ2v) is 6.82. The van der Waals surface area contributed by atoms with Gasteiger partial charge in [-0.25, -0.2) is 4.98 Å². The lowest BCUT2D eigenvalue weighted by atomic mass is 10.2. The average Bonchev–Trinajstić information content (AvgIpc) is 2.63. The minimum absolute atomic E-state index is 0.0856. The van der Waals surface area contributed by atoms with Gasteiger partial charge in [-0.3, -0.25) is 4.79 Å². The lowest BCUT2D eigenvalue weighted by Gasteiger charge is -2.10. The average molecular weight is 287 g/mol. The molecular weight excluding hydrogens is 266 g/mol. The first kappa shape index (κ1) is 15.3. The van der Waals surface area contributed by atoms with Crippen LogP contribution in [0.4, 0.5) is 5.13 Å². The number of nitrogen functional groups attached to an aromatic ring is 1. The van der Waals surface area contributed by atoms with Crippen molar-refractivity contribution in [2.75, 3.05) is 12.3 Å². The fourth-order valence-electron chi connectivity index (χ4n) is 1.46. The Labute approximate surface area is 117 Å². The zero-order valence-corrected chi connectivity index (χ0v) is 12.8. The third kappa shape index (κ3) is 4.86. The molecule has 0 aliphatic heterocycles. The van der Waals surface area contributed by atoms with E-state index in [1.165, 1.54) is 29.5 Å². The van der Waals surface area contributed by atoms with Crippen LogP contribution in [0.2, 0.25) is 0 Å². The molecule has 0 radical (unpaired) electrons. The molecule has 0 saturated heterocycles. The molecule has 6 heteroatoms. The Bertz CT molecular complexity index is 393. The Morgan fingerprint density at radius 1 is 1.56 bits per heavy atom. The molecule has 102 valence electrons. The molecule has 1 unspecified atom stereocenters. The summed E-state index contributed by atoms with van der Waals surface area (Å²) in [5.41, 5.74) is 6.55. The Morgan fingerprint density at radius 3 is 2.83 bits per heavy atom. The summed E-state index contributed by atoms with van der Waals surface area (Å²) < 4.78 is 1.03. The standard InChI is InChI=1S/C12H21N3OS2/c1-4-5-6-7-14-10(16)9(3)17-11-8(2)15-12(13)18-11/h9H,4-7H2,1-3H3,(H2,13,15)(H,14,16). The Kier molecular flexibility index (Phi) is 6.49. The van der Waals surface area contributed by atoms with Crippen molar-refractivity contribution in [3.05, 3.63) is 5.69 Å². The summed E-state index contributed by atoms with van der Waals surface area (Å²) in [6.45, 7) is 6.74. The highest BCUT2D eigenvalue weighted by Gasteiger charge is 2.17. The normalized spacial score (nSPS) is 12.4. The van der Waals surface area contributed by atoms with Gasteiger partial charge in [0.1, 0.15) is 0 Å². The van der Waals surface area contributed by atoms with E-state index >= 15 is 0 Å². The molecule has 1 atom stereocenters. The number of amides is 1. The Balaban J connectivity index is 2.37. The molecule has 0 aliphatic carbocycles. The van der Waals surface area contributed by atoms with Gasteiger partial charge in [-0.1, -0.05) is 31.1 Å². The van der Waals surface area contributed by atoms with Gasteiger partial charge in [0.2, 0.25) is 5.91 Å². The van der Waals surface area contributed by atoms with Crippen molar-refractivity contribution in [2.24, 2.45) is 0 Å². The summed E-state index contributed by atoms with van der Waals surface area (Å²) in [6.07, 6.45) is 3.37. The van der Waals surface area contributed by atoms with Crippen LogP contribution in [0.5, 0.6) is 0 Å². The summed E-state index contributed by atoms with van der Waals surface area (Å²) >= 11 is 2.97. The molecule has 0 saturated carbocycles. The number of aromatic nitrogens is 1. The quantitative estimate of drug-likeness (QED) is 0.598. The van der Waals surface area contributed by atoms with Crippen LogP contribution in [0.15, 0.2) is 4.21 Å². The van der Waals surface area contributed by atoms with Gasteiger partial charge in [-0.2, -0.15) is 0 Å². The van der Waals surface area contributed by atoms with E-state index in [1.54, 1.807) is 0 Å². The van der Waals surface area contributed by atoms with E-state index in [0.717, 1.165) is 29.3 Å². The maximum Gasteiger partial charge on any atom is 0.233 e. The molecule has 1 heterocycles. The number of hydrogen-bond donors (Lipinski definition) is 2. The molecule has 1 amide bonds. The van der Waals surface area contributed by atoms with Crippen LogP contribution in [0.1, 0.15) is 38.8 Å². The predicted molar refractivity (Wildman–Crippen MR) is 79.1 cm³/mol. The summed E-state index contributed by atoms with van der Waals surface area (Å²) in [6, 6.07) is 0. The number of nitrogens with one attached hydrogen (secondary N) is 1. The van der Waals surface area contributed by atoms with Gasteiger partial charge in [0, 0.05) is 6.54 Å². The number of hydrogen-bond acceptors (Lipinski definition) is 5. The van der Waals surface area contributed by atoms with Crippen LogP contribution in [0, 0.1) is 6.92 Å². The van der Waals surface area contributed by atoms with Crippen molar-refractivity contribution >= 4 is 34.1 Å². The number of unbranched alkanes of at least 4 members (excludes halogenated alkanes) is 2. The van der Waals surface area contributed by atoms with E-state index in [-0.39, 0.29) is 11.2 Å². The van der Waals surface area contributed by atoms with E-state index in [1.807, 2.05) is 13.8 Å². The fourth-order valence-corrected chi connectivity index (χ4v) is 3.63. The number of nitrogens with two attached hydrogens (primary N) is 1. The van der Waals surface area contributed by atoms with Crippen molar-refractivity contribution in [3.8, 4) is 0 Å². The van der Waals surface area contributed by atoms with E-state index in [2.05, 4.69) is 17.2 Å². The number of aryl methyl sites for hydroxylation is 1. The van der Waals surface area contributed by atoms with Gasteiger partial charge in [0.25, 0.3) is 0 Å². The molecule has 18 heavy (non-hydrogen) atoms. The zero-order valence-electron chi connectivity index (χ0n) is 11.2. The number of carbonyl (C=O) groups excluding carboxylic acids is 1. The number of rotatable bonds is 7. The van der Waals surface area contributed by atoms with Crippen LogP contribution in [-0.2, 0) is 4.79 Å². The summed E-state index contributed by atoms with van der Waals surface area (Å²) in [4.78, 5) is 16.0. The highest BCUT2D eigenvalue weighted by atomic mass is 32.2. The van der Waals surface area contributed by atoms with E-state index in [0.29, 0.717) is 5.13 Å². The fraction of sp³-hybridized carbons (Fsp3) is 0.667. The van der Waals surface area contributed by atoms with Gasteiger partial charge < -0.3 is 11.1 Å². The van der Waals surface area contributed by atoms with Crippen LogP contribution in [0.25, 0.3) is 0 Å². The number of thiazole rings is 1. The van der Waals surface area contributed by atoms with Gasteiger partial charge in [-0.15, -0.1) is 11.8 Å². The molecule has 1 aromatic heterocycles. The van der Waals surface area contributed by atoms with Gasteiger partial charge in [0.05, 0.1) is 15.2 Å². The molecular formula is C12H21N3OS2. The number of thioether (sulfide) groups is 1. The Morgan fingerprint density at radius 2 is 2.28 bits per heavy atom. The molecule has 0 spiro atoms. The van der Waals surface area contributed by atoms with Crippen molar-refractivity contribution in [1.82, 2.24) is 10.3 Å². The molecule has 1 aromatic rings. The third-order valence-electron chi connectivity index (χ3n) is 2.50. The van der Waals surface area contributed by atoms with Gasteiger partial charge in [-0.05, 0) is 20.3 Å². The van der Waals surface area contributed by atoms with Crippen LogP contribution >= 0.6 is 23.1 Å². The highest BCUT2D eigenvalue weighted by molar-refractivity contribution is 8.02. The first-order valence-electron chi connectivity index (χ1n) is 6.21. The molecule has 0 aromatic carbocycles.